The van der Waals surface area contributed by atoms with Gasteiger partial charge in [0.1, 0.15) is 0 Å². The van der Waals surface area contributed by atoms with Crippen molar-refractivity contribution in [2.45, 2.75) is 39.6 Å². The molecule has 3 nitrogen and oxygen atoms in total. The van der Waals surface area contributed by atoms with Crippen molar-refractivity contribution < 1.29 is 14.3 Å². The fourth-order valence-electron chi connectivity index (χ4n) is 0.725. The first-order valence-electron chi connectivity index (χ1n) is 3.66. The Morgan fingerprint density at radius 1 is 1.45 bits per heavy atom. The minimum Gasteiger partial charge on any atom is -0.347 e. The van der Waals surface area contributed by atoms with E-state index >= 15 is 0 Å². The smallest absolute Gasteiger partial charge is 0.225 e. The molecule has 0 rings (SSSR count). The number of ether oxygens (including phenoxy) is 2. The summed E-state index contributed by atoms with van der Waals surface area (Å²) in [6.07, 6.45) is -0.0103. The van der Waals surface area contributed by atoms with Gasteiger partial charge in [0.25, 0.3) is 0 Å². The predicted octanol–water partition coefficient (Wildman–Crippen LogP) is 1.36. The molecule has 0 saturated heterocycles. The lowest BCUT2D eigenvalue weighted by molar-refractivity contribution is -0.220. The lowest BCUT2D eigenvalue weighted by Gasteiger charge is -2.27. The van der Waals surface area contributed by atoms with Crippen molar-refractivity contribution >= 4 is 5.78 Å². The molecule has 3 heteroatoms. The van der Waals surface area contributed by atoms with Gasteiger partial charge >= 0.3 is 0 Å². The molecule has 1 unspecified atom stereocenters. The summed E-state index contributed by atoms with van der Waals surface area (Å²) in [5.41, 5.74) is 0. The van der Waals surface area contributed by atoms with Crippen molar-refractivity contribution in [2.24, 2.45) is 0 Å². The van der Waals surface area contributed by atoms with Crippen molar-refractivity contribution in [3.05, 3.63) is 0 Å². The van der Waals surface area contributed by atoms with Gasteiger partial charge in [-0.3, -0.25) is 4.79 Å². The molecule has 0 radical (unpaired) electrons. The number of carbonyl (C=O) groups excluding carboxylic acids is 1. The second-order valence-electron chi connectivity index (χ2n) is 2.87. The van der Waals surface area contributed by atoms with E-state index in [1.165, 1.54) is 14.0 Å². The molecule has 0 aromatic rings. The van der Waals surface area contributed by atoms with E-state index in [0.717, 1.165) is 0 Å². The van der Waals surface area contributed by atoms with Gasteiger partial charge in [0.2, 0.25) is 5.79 Å². The first-order valence-corrected chi connectivity index (χ1v) is 3.66. The number of ketones is 1. The average Bonchev–Trinajstić information content (AvgIpc) is 1.86. The molecule has 0 heterocycles. The van der Waals surface area contributed by atoms with E-state index in [0.29, 0.717) is 0 Å². The molecule has 0 fully saturated rings. The molecule has 0 aromatic carbocycles. The van der Waals surface area contributed by atoms with E-state index in [1.54, 1.807) is 6.92 Å². The van der Waals surface area contributed by atoms with Crippen molar-refractivity contribution in [3.63, 3.8) is 0 Å². The average molecular weight is 160 g/mol. The number of rotatable bonds is 4. The van der Waals surface area contributed by atoms with E-state index < -0.39 is 5.79 Å². The van der Waals surface area contributed by atoms with E-state index in [4.69, 9.17) is 9.47 Å². The van der Waals surface area contributed by atoms with Crippen molar-refractivity contribution in [1.29, 1.82) is 0 Å². The van der Waals surface area contributed by atoms with Gasteiger partial charge in [-0.25, -0.2) is 0 Å². The summed E-state index contributed by atoms with van der Waals surface area (Å²) in [7, 11) is 1.46. The highest BCUT2D eigenvalue weighted by atomic mass is 16.7. The molecule has 0 saturated carbocycles. The third kappa shape index (κ3) is 2.99. The molecule has 0 spiro atoms. The predicted molar refractivity (Wildman–Crippen MR) is 42.3 cm³/mol. The molecular formula is C8H16O3. The second kappa shape index (κ2) is 3.83. The Morgan fingerprint density at radius 3 is 2.00 bits per heavy atom. The van der Waals surface area contributed by atoms with Crippen LogP contribution in [0.2, 0.25) is 0 Å². The van der Waals surface area contributed by atoms with Gasteiger partial charge in [-0.05, 0) is 20.8 Å². The summed E-state index contributed by atoms with van der Waals surface area (Å²) in [5, 5.41) is 0. The zero-order valence-corrected chi connectivity index (χ0v) is 7.80. The molecule has 0 amide bonds. The van der Waals surface area contributed by atoms with Crippen LogP contribution < -0.4 is 0 Å². The first kappa shape index (κ1) is 10.6. The zero-order chi connectivity index (χ0) is 9.07. The summed E-state index contributed by atoms with van der Waals surface area (Å²) in [4.78, 5) is 11.0. The lowest BCUT2D eigenvalue weighted by Crippen LogP contribution is -2.40. The molecule has 0 N–H and O–H groups in total. The molecule has 0 aromatic heterocycles. The fourth-order valence-corrected chi connectivity index (χ4v) is 0.725. The minimum absolute atomic E-state index is 0.0103. The highest BCUT2D eigenvalue weighted by molar-refractivity contribution is 5.82. The maximum Gasteiger partial charge on any atom is 0.225 e. The van der Waals surface area contributed by atoms with Gasteiger partial charge in [-0.2, -0.15) is 0 Å². The van der Waals surface area contributed by atoms with E-state index in [-0.39, 0.29) is 11.9 Å². The Hall–Kier alpha value is -0.410. The topological polar surface area (TPSA) is 35.5 Å². The van der Waals surface area contributed by atoms with Gasteiger partial charge in [-0.15, -0.1) is 0 Å². The van der Waals surface area contributed by atoms with E-state index in [1.807, 2.05) is 13.8 Å². The maximum atomic E-state index is 11.0. The number of Topliss-reactive ketones (excluding diaryl/α,β-unsaturated/α-hetero) is 1. The highest BCUT2D eigenvalue weighted by Gasteiger charge is 2.31. The van der Waals surface area contributed by atoms with Gasteiger partial charge in [0.05, 0.1) is 6.10 Å². The molecular weight excluding hydrogens is 144 g/mol. The largest absolute Gasteiger partial charge is 0.347 e. The van der Waals surface area contributed by atoms with Crippen LogP contribution in [-0.2, 0) is 14.3 Å². The molecule has 0 aliphatic rings. The third-order valence-corrected chi connectivity index (χ3v) is 1.49. The number of carbonyl (C=O) groups is 1. The van der Waals surface area contributed by atoms with Gasteiger partial charge in [0.15, 0.2) is 5.78 Å². The molecule has 1 atom stereocenters. The molecule has 0 aliphatic carbocycles. The van der Waals surface area contributed by atoms with E-state index in [2.05, 4.69) is 0 Å². The second-order valence-corrected chi connectivity index (χ2v) is 2.87. The Balaban J connectivity index is 4.22. The van der Waals surface area contributed by atoms with Crippen LogP contribution in [-0.4, -0.2) is 24.8 Å². The molecule has 11 heavy (non-hydrogen) atoms. The normalized spacial score (nSPS) is 16.5. The number of methoxy groups -OCH3 is 1. The van der Waals surface area contributed by atoms with Crippen molar-refractivity contribution in [3.8, 4) is 0 Å². The van der Waals surface area contributed by atoms with Crippen molar-refractivity contribution in [2.75, 3.05) is 7.11 Å². The quantitative estimate of drug-likeness (QED) is 0.582. The van der Waals surface area contributed by atoms with Gasteiger partial charge in [-0.1, -0.05) is 0 Å². The summed E-state index contributed by atoms with van der Waals surface area (Å²) in [6, 6.07) is 0. The lowest BCUT2D eigenvalue weighted by atomic mass is 10.2. The highest BCUT2D eigenvalue weighted by Crippen LogP contribution is 2.14. The van der Waals surface area contributed by atoms with Crippen LogP contribution in [0, 0.1) is 0 Å². The number of hydrogen-bond donors (Lipinski definition) is 0. The Bertz CT molecular complexity index is 142. The van der Waals surface area contributed by atoms with Crippen LogP contribution in [0.4, 0.5) is 0 Å². The Morgan fingerprint density at radius 2 is 1.91 bits per heavy atom. The summed E-state index contributed by atoms with van der Waals surface area (Å²) in [6.45, 7) is 6.79. The van der Waals surface area contributed by atoms with Crippen LogP contribution in [0.5, 0.6) is 0 Å². The maximum absolute atomic E-state index is 11.0. The molecule has 0 aliphatic heterocycles. The van der Waals surface area contributed by atoms with Gasteiger partial charge in [0, 0.05) is 14.0 Å². The summed E-state index contributed by atoms with van der Waals surface area (Å²) < 4.78 is 10.2. The molecule has 0 bridgehead atoms. The van der Waals surface area contributed by atoms with Crippen LogP contribution in [0.25, 0.3) is 0 Å². The van der Waals surface area contributed by atoms with Crippen LogP contribution in [0.3, 0.4) is 0 Å². The van der Waals surface area contributed by atoms with Crippen LogP contribution >= 0.6 is 0 Å². The monoisotopic (exact) mass is 160 g/mol. The SMILES string of the molecule is COC(C)(OC(C)C)C(C)=O. The third-order valence-electron chi connectivity index (χ3n) is 1.49. The Labute approximate surface area is 67.7 Å². The summed E-state index contributed by atoms with van der Waals surface area (Å²) in [5.74, 6) is -1.19. The fraction of sp³-hybridized carbons (Fsp3) is 0.875. The molecule has 66 valence electrons. The summed E-state index contributed by atoms with van der Waals surface area (Å²) >= 11 is 0. The van der Waals surface area contributed by atoms with Crippen LogP contribution in [0.15, 0.2) is 0 Å². The van der Waals surface area contributed by atoms with Crippen LogP contribution in [0.1, 0.15) is 27.7 Å². The van der Waals surface area contributed by atoms with Gasteiger partial charge < -0.3 is 9.47 Å². The standard InChI is InChI=1S/C8H16O3/c1-6(2)11-8(4,10-5)7(3)9/h6H,1-5H3. The van der Waals surface area contributed by atoms with Crippen molar-refractivity contribution in [1.82, 2.24) is 0 Å². The minimum atomic E-state index is -1.08. The Kier molecular flexibility index (Phi) is 3.69. The zero-order valence-electron chi connectivity index (χ0n) is 7.80. The number of hydrogen-bond acceptors (Lipinski definition) is 3. The van der Waals surface area contributed by atoms with E-state index in [9.17, 15) is 4.79 Å². The first-order chi connectivity index (χ1) is 4.92.